The van der Waals surface area contributed by atoms with Crippen molar-refractivity contribution in [2.24, 2.45) is 5.92 Å². The largest absolute Gasteiger partial charge is 0.334 e. The highest BCUT2D eigenvalue weighted by molar-refractivity contribution is 5.85. The number of para-hydroxylation sites is 2. The average molecular weight is 272 g/mol. The van der Waals surface area contributed by atoms with E-state index in [2.05, 4.69) is 22.7 Å². The normalized spacial score (nSPS) is 22.6. The Morgan fingerprint density at radius 2 is 2.10 bits per heavy atom. The van der Waals surface area contributed by atoms with Gasteiger partial charge in [-0.15, -0.1) is 0 Å². The SMILES string of the molecule is C[C@H]1CCCC[C@H]1NC(=O)Nn1cnc2ccccc21. The maximum atomic E-state index is 12.1. The highest BCUT2D eigenvalue weighted by Gasteiger charge is 2.22. The number of nitrogens with one attached hydrogen (secondary N) is 2. The second kappa shape index (κ2) is 5.53. The van der Waals surface area contributed by atoms with Crippen LogP contribution in [0.1, 0.15) is 32.6 Å². The molecule has 0 bridgehead atoms. The van der Waals surface area contributed by atoms with E-state index in [1.807, 2.05) is 24.3 Å². The molecule has 0 radical (unpaired) electrons. The number of imidazole rings is 1. The lowest BCUT2D eigenvalue weighted by Gasteiger charge is -2.29. The molecule has 1 saturated carbocycles. The fourth-order valence-corrected chi connectivity index (χ4v) is 2.89. The van der Waals surface area contributed by atoms with Gasteiger partial charge in [-0.05, 0) is 30.9 Å². The summed E-state index contributed by atoms with van der Waals surface area (Å²) in [4.78, 5) is 16.4. The monoisotopic (exact) mass is 272 g/mol. The molecule has 1 aliphatic rings. The summed E-state index contributed by atoms with van der Waals surface area (Å²) in [6, 6.07) is 7.85. The van der Waals surface area contributed by atoms with Gasteiger partial charge >= 0.3 is 6.03 Å². The molecule has 0 spiro atoms. The first kappa shape index (κ1) is 13.0. The van der Waals surface area contributed by atoms with E-state index in [0.717, 1.165) is 17.5 Å². The molecule has 1 fully saturated rings. The zero-order valence-corrected chi connectivity index (χ0v) is 11.7. The van der Waals surface area contributed by atoms with Crippen LogP contribution >= 0.6 is 0 Å². The lowest BCUT2D eigenvalue weighted by molar-refractivity contribution is 0.230. The molecule has 106 valence electrons. The predicted molar refractivity (Wildman–Crippen MR) is 79.0 cm³/mol. The summed E-state index contributed by atoms with van der Waals surface area (Å²) in [6.45, 7) is 2.21. The average Bonchev–Trinajstić information content (AvgIpc) is 2.85. The standard InChI is InChI=1S/C15H20N4O/c1-11-6-2-3-7-12(11)17-15(20)18-19-10-16-13-8-4-5-9-14(13)19/h4-5,8-12H,2-3,6-7H2,1H3,(H2,17,18,20)/t11-,12+/m0/s1. The first-order valence-corrected chi connectivity index (χ1v) is 7.23. The highest BCUT2D eigenvalue weighted by Crippen LogP contribution is 2.23. The first-order chi connectivity index (χ1) is 9.74. The lowest BCUT2D eigenvalue weighted by Crippen LogP contribution is -2.45. The van der Waals surface area contributed by atoms with Crippen molar-refractivity contribution in [3.8, 4) is 0 Å². The summed E-state index contributed by atoms with van der Waals surface area (Å²) in [5, 5.41) is 3.07. The lowest BCUT2D eigenvalue weighted by atomic mass is 9.86. The quantitative estimate of drug-likeness (QED) is 0.883. The van der Waals surface area contributed by atoms with Crippen molar-refractivity contribution in [1.82, 2.24) is 15.0 Å². The number of hydrogen-bond donors (Lipinski definition) is 2. The third-order valence-corrected chi connectivity index (χ3v) is 4.10. The van der Waals surface area contributed by atoms with Gasteiger partial charge in [-0.2, -0.15) is 0 Å². The molecule has 1 aliphatic carbocycles. The van der Waals surface area contributed by atoms with Crippen molar-refractivity contribution in [2.45, 2.75) is 38.6 Å². The van der Waals surface area contributed by atoms with Crippen LogP contribution in [-0.2, 0) is 0 Å². The molecule has 0 unspecified atom stereocenters. The molecule has 1 aromatic carbocycles. The smallest absolute Gasteiger partial charge is 0.334 e. The number of rotatable bonds is 2. The van der Waals surface area contributed by atoms with Gasteiger partial charge in [0.15, 0.2) is 0 Å². The summed E-state index contributed by atoms with van der Waals surface area (Å²) in [6.07, 6.45) is 6.36. The van der Waals surface area contributed by atoms with Crippen molar-refractivity contribution in [1.29, 1.82) is 0 Å². The van der Waals surface area contributed by atoms with Gasteiger partial charge in [-0.1, -0.05) is 31.9 Å². The van der Waals surface area contributed by atoms with Crippen LogP contribution in [0.5, 0.6) is 0 Å². The second-order valence-electron chi connectivity index (χ2n) is 5.56. The Morgan fingerprint density at radius 1 is 1.30 bits per heavy atom. The molecule has 2 N–H and O–H groups in total. The van der Waals surface area contributed by atoms with E-state index in [4.69, 9.17) is 0 Å². The Morgan fingerprint density at radius 3 is 2.95 bits per heavy atom. The second-order valence-corrected chi connectivity index (χ2v) is 5.56. The molecular formula is C15H20N4O. The third-order valence-electron chi connectivity index (χ3n) is 4.10. The Labute approximate surface area is 118 Å². The molecule has 2 amide bonds. The third kappa shape index (κ3) is 2.61. The van der Waals surface area contributed by atoms with Gasteiger partial charge in [0.1, 0.15) is 6.33 Å². The van der Waals surface area contributed by atoms with Crippen LogP contribution in [0.25, 0.3) is 11.0 Å². The zero-order chi connectivity index (χ0) is 13.9. The van der Waals surface area contributed by atoms with E-state index < -0.39 is 0 Å². The van der Waals surface area contributed by atoms with Crippen LogP contribution in [0, 0.1) is 5.92 Å². The molecule has 20 heavy (non-hydrogen) atoms. The minimum absolute atomic E-state index is 0.160. The van der Waals surface area contributed by atoms with E-state index in [9.17, 15) is 4.79 Å². The number of hydrogen-bond acceptors (Lipinski definition) is 2. The predicted octanol–water partition coefficient (Wildman–Crippen LogP) is 2.87. The van der Waals surface area contributed by atoms with Crippen LogP contribution in [0.4, 0.5) is 4.79 Å². The van der Waals surface area contributed by atoms with Crippen LogP contribution < -0.4 is 10.7 Å². The molecular weight excluding hydrogens is 252 g/mol. The Kier molecular flexibility index (Phi) is 3.58. The van der Waals surface area contributed by atoms with Gasteiger partial charge < -0.3 is 5.32 Å². The fourth-order valence-electron chi connectivity index (χ4n) is 2.89. The summed E-state index contributed by atoms with van der Waals surface area (Å²) < 4.78 is 1.66. The molecule has 2 atom stereocenters. The zero-order valence-electron chi connectivity index (χ0n) is 11.7. The minimum Gasteiger partial charge on any atom is -0.334 e. The summed E-state index contributed by atoms with van der Waals surface area (Å²) in [5.74, 6) is 0.550. The van der Waals surface area contributed by atoms with Gasteiger partial charge in [0, 0.05) is 6.04 Å². The Bertz CT molecular complexity index is 607. The maximum Gasteiger partial charge on any atom is 0.334 e. The van der Waals surface area contributed by atoms with Crippen molar-refractivity contribution >= 4 is 17.1 Å². The van der Waals surface area contributed by atoms with E-state index in [-0.39, 0.29) is 12.1 Å². The van der Waals surface area contributed by atoms with Crippen molar-refractivity contribution in [3.63, 3.8) is 0 Å². The van der Waals surface area contributed by atoms with E-state index >= 15 is 0 Å². The number of carbonyl (C=O) groups is 1. The van der Waals surface area contributed by atoms with Gasteiger partial charge in [0.25, 0.3) is 0 Å². The number of aromatic nitrogens is 2. The van der Waals surface area contributed by atoms with Gasteiger partial charge in [-0.25, -0.2) is 19.9 Å². The van der Waals surface area contributed by atoms with Crippen molar-refractivity contribution in [2.75, 3.05) is 5.43 Å². The highest BCUT2D eigenvalue weighted by atomic mass is 16.2. The van der Waals surface area contributed by atoms with Gasteiger partial charge in [-0.3, -0.25) is 0 Å². The molecule has 2 aromatic rings. The molecule has 0 aliphatic heterocycles. The topological polar surface area (TPSA) is 59.0 Å². The summed E-state index contributed by atoms with van der Waals surface area (Å²) >= 11 is 0. The van der Waals surface area contributed by atoms with Crippen LogP contribution in [-0.4, -0.2) is 21.7 Å². The van der Waals surface area contributed by atoms with Crippen molar-refractivity contribution in [3.05, 3.63) is 30.6 Å². The van der Waals surface area contributed by atoms with Crippen LogP contribution in [0.2, 0.25) is 0 Å². The van der Waals surface area contributed by atoms with E-state index in [0.29, 0.717) is 5.92 Å². The van der Waals surface area contributed by atoms with Crippen LogP contribution in [0.15, 0.2) is 30.6 Å². The van der Waals surface area contributed by atoms with Crippen LogP contribution in [0.3, 0.4) is 0 Å². The molecule has 3 rings (SSSR count). The maximum absolute atomic E-state index is 12.1. The Hall–Kier alpha value is -2.04. The van der Waals surface area contributed by atoms with Gasteiger partial charge in [0.05, 0.1) is 11.0 Å². The minimum atomic E-state index is -0.160. The first-order valence-electron chi connectivity index (χ1n) is 7.23. The van der Waals surface area contributed by atoms with Gasteiger partial charge in [0.2, 0.25) is 0 Å². The number of nitrogens with zero attached hydrogens (tertiary/aromatic N) is 2. The number of carbonyl (C=O) groups excluding carboxylic acids is 1. The summed E-state index contributed by atoms with van der Waals surface area (Å²) in [7, 11) is 0. The van der Waals surface area contributed by atoms with Crippen molar-refractivity contribution < 1.29 is 4.79 Å². The molecule has 5 heteroatoms. The fraction of sp³-hybridized carbons (Fsp3) is 0.467. The number of benzene rings is 1. The molecule has 1 heterocycles. The van der Waals surface area contributed by atoms with E-state index in [1.54, 1.807) is 11.0 Å². The molecule has 1 aromatic heterocycles. The summed E-state index contributed by atoms with van der Waals surface area (Å²) in [5.41, 5.74) is 4.61. The number of amides is 2. The molecule has 0 saturated heterocycles. The van der Waals surface area contributed by atoms with E-state index in [1.165, 1.54) is 19.3 Å². The number of urea groups is 1. The number of fused-ring (bicyclic) bond motifs is 1. The Balaban J connectivity index is 1.66. The molecule has 5 nitrogen and oxygen atoms in total.